The SMILES string of the molecule is Cc1ccccc1-c1nc(NS(=O)(=O)c2cccc(N[C@H]3CCNC3)n2)ccc1C(F)(F)F.Cl. The smallest absolute Gasteiger partial charge is 0.366 e. The van der Waals surface area contributed by atoms with Crippen molar-refractivity contribution in [2.24, 2.45) is 0 Å². The number of rotatable bonds is 6. The van der Waals surface area contributed by atoms with E-state index in [9.17, 15) is 21.6 Å². The molecule has 182 valence electrons. The Kier molecular flexibility index (Phi) is 7.69. The molecule has 4 rings (SSSR count). The van der Waals surface area contributed by atoms with Crippen LogP contribution >= 0.6 is 12.4 Å². The van der Waals surface area contributed by atoms with Gasteiger partial charge in [0.25, 0.3) is 10.0 Å². The van der Waals surface area contributed by atoms with Gasteiger partial charge in [0.2, 0.25) is 0 Å². The van der Waals surface area contributed by atoms with Gasteiger partial charge >= 0.3 is 6.18 Å². The van der Waals surface area contributed by atoms with Gasteiger partial charge in [0, 0.05) is 18.2 Å². The van der Waals surface area contributed by atoms with Crippen LogP contribution in [0.2, 0.25) is 0 Å². The van der Waals surface area contributed by atoms with Crippen LogP contribution in [0.3, 0.4) is 0 Å². The highest BCUT2D eigenvalue weighted by atomic mass is 35.5. The Morgan fingerprint density at radius 3 is 2.44 bits per heavy atom. The molecule has 0 aliphatic carbocycles. The molecule has 1 fully saturated rings. The van der Waals surface area contributed by atoms with Gasteiger partial charge in [-0.3, -0.25) is 4.72 Å². The van der Waals surface area contributed by atoms with Crippen LogP contribution in [0.15, 0.2) is 59.6 Å². The topological polar surface area (TPSA) is 96.0 Å². The second-order valence-corrected chi connectivity index (χ2v) is 9.34. The predicted octanol–water partition coefficient (Wildman–Crippen LogP) is 4.47. The monoisotopic (exact) mass is 513 g/mol. The van der Waals surface area contributed by atoms with Crippen LogP contribution in [-0.2, 0) is 16.2 Å². The molecule has 0 saturated carbocycles. The van der Waals surface area contributed by atoms with Gasteiger partial charge in [-0.1, -0.05) is 30.3 Å². The van der Waals surface area contributed by atoms with Gasteiger partial charge in [-0.2, -0.15) is 21.6 Å². The average Bonchev–Trinajstić information content (AvgIpc) is 3.26. The van der Waals surface area contributed by atoms with Crippen LogP contribution in [0, 0.1) is 6.92 Å². The zero-order valence-corrected chi connectivity index (χ0v) is 19.7. The normalized spacial score (nSPS) is 16.1. The molecule has 1 atom stereocenters. The largest absolute Gasteiger partial charge is 0.418 e. The highest BCUT2D eigenvalue weighted by Gasteiger charge is 2.35. The van der Waals surface area contributed by atoms with Crippen molar-refractivity contribution < 1.29 is 21.6 Å². The Hall–Kier alpha value is -2.89. The average molecular weight is 514 g/mol. The molecule has 0 amide bonds. The molecule has 3 heterocycles. The summed E-state index contributed by atoms with van der Waals surface area (Å²) >= 11 is 0. The third kappa shape index (κ3) is 5.78. The first-order valence-electron chi connectivity index (χ1n) is 10.2. The summed E-state index contributed by atoms with van der Waals surface area (Å²) in [4.78, 5) is 8.18. The Morgan fingerprint density at radius 1 is 1.00 bits per heavy atom. The highest BCUT2D eigenvalue weighted by Crippen LogP contribution is 2.38. The molecule has 1 saturated heterocycles. The minimum Gasteiger partial charge on any atom is -0.366 e. The molecule has 3 N–H and O–H groups in total. The highest BCUT2D eigenvalue weighted by molar-refractivity contribution is 7.92. The summed E-state index contributed by atoms with van der Waals surface area (Å²) in [5.74, 6) is 0.161. The van der Waals surface area contributed by atoms with Gasteiger partial charge in [0.15, 0.2) is 5.03 Å². The quantitative estimate of drug-likeness (QED) is 0.450. The zero-order valence-electron chi connectivity index (χ0n) is 18.1. The summed E-state index contributed by atoms with van der Waals surface area (Å²) in [5, 5.41) is 6.10. The van der Waals surface area contributed by atoms with E-state index in [0.717, 1.165) is 31.6 Å². The third-order valence-corrected chi connectivity index (χ3v) is 6.51. The molecule has 0 bridgehead atoms. The minimum atomic E-state index is -4.65. The molecule has 0 unspecified atom stereocenters. The van der Waals surface area contributed by atoms with Gasteiger partial charge in [0.05, 0.1) is 11.3 Å². The lowest BCUT2D eigenvalue weighted by Gasteiger charge is -2.16. The van der Waals surface area contributed by atoms with Crippen LogP contribution in [-0.4, -0.2) is 37.5 Å². The second kappa shape index (κ2) is 10.2. The first-order chi connectivity index (χ1) is 15.6. The van der Waals surface area contributed by atoms with Gasteiger partial charge in [-0.25, -0.2) is 9.97 Å². The van der Waals surface area contributed by atoms with E-state index in [1.54, 1.807) is 37.3 Å². The van der Waals surface area contributed by atoms with E-state index in [1.807, 2.05) is 0 Å². The van der Waals surface area contributed by atoms with E-state index < -0.39 is 21.8 Å². The lowest BCUT2D eigenvalue weighted by Crippen LogP contribution is -2.23. The number of anilines is 2. The van der Waals surface area contributed by atoms with Crippen molar-refractivity contribution in [2.45, 2.75) is 30.6 Å². The van der Waals surface area contributed by atoms with E-state index in [0.29, 0.717) is 11.4 Å². The molecule has 7 nitrogen and oxygen atoms in total. The molecule has 1 aromatic carbocycles. The van der Waals surface area contributed by atoms with Crippen LogP contribution in [0.5, 0.6) is 0 Å². The fraction of sp³-hybridized carbons (Fsp3) is 0.273. The standard InChI is InChI=1S/C22H22F3N5O2S.ClH/c1-14-5-2-3-6-16(14)21-17(22(23,24)25)9-10-19(29-21)30-33(31,32)20-8-4-7-18(28-20)27-15-11-12-26-13-15;/h2-10,15,26H,11-13H2,1H3,(H,27,28)(H,29,30);1H/t15-;/m0./s1. The number of sulfonamides is 1. The Labute approximate surface area is 201 Å². The van der Waals surface area contributed by atoms with E-state index in [2.05, 4.69) is 25.3 Å². The molecule has 1 aliphatic rings. The minimum absolute atomic E-state index is 0. The van der Waals surface area contributed by atoms with Crippen LogP contribution in [0.25, 0.3) is 11.3 Å². The van der Waals surface area contributed by atoms with Crippen LogP contribution in [0.1, 0.15) is 17.5 Å². The number of aryl methyl sites for hydroxylation is 1. The van der Waals surface area contributed by atoms with E-state index in [-0.39, 0.29) is 40.6 Å². The molecule has 0 radical (unpaired) electrons. The van der Waals surface area contributed by atoms with Crippen molar-refractivity contribution in [3.8, 4) is 11.3 Å². The van der Waals surface area contributed by atoms with E-state index >= 15 is 0 Å². The van der Waals surface area contributed by atoms with Crippen molar-refractivity contribution in [2.75, 3.05) is 23.1 Å². The summed E-state index contributed by atoms with van der Waals surface area (Å²) in [6.45, 7) is 3.27. The lowest BCUT2D eigenvalue weighted by molar-refractivity contribution is -0.137. The lowest BCUT2D eigenvalue weighted by atomic mass is 10.0. The fourth-order valence-electron chi connectivity index (χ4n) is 3.61. The third-order valence-electron chi connectivity index (χ3n) is 5.25. The maximum Gasteiger partial charge on any atom is 0.418 e. The number of aromatic nitrogens is 2. The maximum absolute atomic E-state index is 13.6. The number of pyridine rings is 2. The number of halogens is 4. The summed E-state index contributed by atoms with van der Waals surface area (Å²) in [7, 11) is -4.19. The number of benzene rings is 1. The first kappa shape index (κ1) is 25.7. The zero-order chi connectivity index (χ0) is 23.6. The summed E-state index contributed by atoms with van der Waals surface area (Å²) in [6.07, 6.45) is -3.77. The molecule has 12 heteroatoms. The fourth-order valence-corrected chi connectivity index (χ4v) is 4.58. The second-order valence-electron chi connectivity index (χ2n) is 7.71. The van der Waals surface area contributed by atoms with Crippen molar-refractivity contribution in [1.82, 2.24) is 15.3 Å². The predicted molar refractivity (Wildman–Crippen MR) is 127 cm³/mol. The van der Waals surface area contributed by atoms with Crippen molar-refractivity contribution >= 4 is 34.1 Å². The molecular weight excluding hydrogens is 491 g/mol. The summed E-state index contributed by atoms with van der Waals surface area (Å²) in [6, 6.07) is 12.9. The van der Waals surface area contributed by atoms with Crippen LogP contribution < -0.4 is 15.4 Å². The summed E-state index contributed by atoms with van der Waals surface area (Å²) in [5.41, 5.74) is -0.454. The molecule has 34 heavy (non-hydrogen) atoms. The molecular formula is C22H23ClF3N5O2S. The van der Waals surface area contributed by atoms with Crippen molar-refractivity contribution in [3.63, 3.8) is 0 Å². The number of hydrogen-bond donors (Lipinski definition) is 3. The molecule has 0 spiro atoms. The molecule has 2 aromatic heterocycles. The van der Waals surface area contributed by atoms with Crippen molar-refractivity contribution in [3.05, 3.63) is 65.7 Å². The van der Waals surface area contributed by atoms with Gasteiger partial charge in [-0.05, 0) is 49.7 Å². The van der Waals surface area contributed by atoms with Gasteiger partial charge < -0.3 is 10.6 Å². The van der Waals surface area contributed by atoms with Crippen molar-refractivity contribution in [1.29, 1.82) is 0 Å². The first-order valence-corrected chi connectivity index (χ1v) is 11.7. The number of alkyl halides is 3. The maximum atomic E-state index is 13.6. The number of hydrogen-bond acceptors (Lipinski definition) is 6. The molecule has 3 aromatic rings. The van der Waals surface area contributed by atoms with Crippen LogP contribution in [0.4, 0.5) is 24.8 Å². The Bertz CT molecular complexity index is 1270. The Morgan fingerprint density at radius 2 is 1.76 bits per heavy atom. The van der Waals surface area contributed by atoms with E-state index in [1.165, 1.54) is 12.1 Å². The van der Waals surface area contributed by atoms with Gasteiger partial charge in [0.1, 0.15) is 11.6 Å². The van der Waals surface area contributed by atoms with Gasteiger partial charge in [-0.15, -0.1) is 12.4 Å². The Balaban J connectivity index is 0.00000324. The molecule has 1 aliphatic heterocycles. The summed E-state index contributed by atoms with van der Waals surface area (Å²) < 4.78 is 68.9. The number of nitrogens with one attached hydrogen (secondary N) is 3. The van der Waals surface area contributed by atoms with E-state index in [4.69, 9.17) is 0 Å². The number of nitrogens with zero attached hydrogens (tertiary/aromatic N) is 2.